The molecule has 0 aliphatic rings. The predicted molar refractivity (Wildman–Crippen MR) is 133 cm³/mol. The molecule has 0 saturated carbocycles. The summed E-state index contributed by atoms with van der Waals surface area (Å²) in [4.78, 5) is 12.7. The Morgan fingerprint density at radius 3 is 2.09 bits per heavy atom. The second-order valence-corrected chi connectivity index (χ2v) is 10.7. The van der Waals surface area contributed by atoms with Gasteiger partial charge in [0.2, 0.25) is 5.91 Å². The molecule has 9 heteroatoms. The van der Waals surface area contributed by atoms with Crippen molar-refractivity contribution in [3.63, 3.8) is 0 Å². The van der Waals surface area contributed by atoms with Crippen LogP contribution in [0.25, 0.3) is 0 Å². The number of carbonyl (C=O) groups is 1. The van der Waals surface area contributed by atoms with E-state index in [4.69, 9.17) is 23.2 Å². The van der Waals surface area contributed by atoms with Crippen molar-refractivity contribution in [1.29, 1.82) is 0 Å². The SMILES string of the molecule is O=C(CN(c1ccc(Cl)cc1)S(=O)(=O)c1ccccc1)NCCSCc1ccc(Cl)cc1. The Morgan fingerprint density at radius 2 is 1.47 bits per heavy atom. The Labute approximate surface area is 202 Å². The maximum absolute atomic E-state index is 13.2. The lowest BCUT2D eigenvalue weighted by Gasteiger charge is -2.24. The molecule has 0 heterocycles. The maximum Gasteiger partial charge on any atom is 0.264 e. The van der Waals surface area contributed by atoms with E-state index in [1.54, 1.807) is 54.2 Å². The number of thioether (sulfide) groups is 1. The molecule has 168 valence electrons. The molecule has 0 aliphatic heterocycles. The highest BCUT2D eigenvalue weighted by atomic mass is 35.5. The average molecular weight is 509 g/mol. The van der Waals surface area contributed by atoms with Gasteiger partial charge in [0.05, 0.1) is 10.6 Å². The van der Waals surface area contributed by atoms with Crippen LogP contribution in [0.1, 0.15) is 5.56 Å². The lowest BCUT2D eigenvalue weighted by molar-refractivity contribution is -0.119. The molecule has 32 heavy (non-hydrogen) atoms. The molecule has 0 bridgehead atoms. The van der Waals surface area contributed by atoms with Gasteiger partial charge < -0.3 is 5.32 Å². The van der Waals surface area contributed by atoms with E-state index >= 15 is 0 Å². The average Bonchev–Trinajstić information content (AvgIpc) is 2.80. The number of hydrogen-bond donors (Lipinski definition) is 1. The van der Waals surface area contributed by atoms with Crippen molar-refractivity contribution in [2.45, 2.75) is 10.6 Å². The van der Waals surface area contributed by atoms with Crippen molar-refractivity contribution in [3.8, 4) is 0 Å². The number of halogens is 2. The molecule has 0 unspecified atom stereocenters. The molecule has 1 amide bonds. The van der Waals surface area contributed by atoms with Gasteiger partial charge in [0, 0.05) is 28.1 Å². The van der Waals surface area contributed by atoms with Crippen LogP contribution in [0.3, 0.4) is 0 Å². The van der Waals surface area contributed by atoms with Crippen LogP contribution in [0.2, 0.25) is 10.0 Å². The molecular formula is C23H22Cl2N2O3S2. The van der Waals surface area contributed by atoms with Crippen LogP contribution >= 0.6 is 35.0 Å². The van der Waals surface area contributed by atoms with Crippen molar-refractivity contribution in [1.82, 2.24) is 5.32 Å². The zero-order valence-corrected chi connectivity index (χ0v) is 20.2. The van der Waals surface area contributed by atoms with Crippen LogP contribution in [0.4, 0.5) is 5.69 Å². The molecule has 3 aromatic rings. The lowest BCUT2D eigenvalue weighted by Crippen LogP contribution is -2.41. The fraction of sp³-hybridized carbons (Fsp3) is 0.174. The molecule has 0 radical (unpaired) electrons. The molecule has 3 rings (SSSR count). The first-order chi connectivity index (χ1) is 15.4. The molecule has 0 saturated heterocycles. The topological polar surface area (TPSA) is 66.5 Å². The maximum atomic E-state index is 13.2. The highest BCUT2D eigenvalue weighted by molar-refractivity contribution is 7.98. The first-order valence-corrected chi connectivity index (χ1v) is 13.1. The number of sulfonamides is 1. The van der Waals surface area contributed by atoms with Gasteiger partial charge in [0.1, 0.15) is 6.54 Å². The summed E-state index contributed by atoms with van der Waals surface area (Å²) in [7, 11) is -3.92. The van der Waals surface area contributed by atoms with Crippen molar-refractivity contribution in [2.75, 3.05) is 23.1 Å². The zero-order chi connectivity index (χ0) is 23.0. The van der Waals surface area contributed by atoms with E-state index in [1.807, 2.05) is 24.3 Å². The van der Waals surface area contributed by atoms with Gasteiger partial charge in [-0.2, -0.15) is 11.8 Å². The molecule has 5 nitrogen and oxygen atoms in total. The fourth-order valence-electron chi connectivity index (χ4n) is 2.86. The summed E-state index contributed by atoms with van der Waals surface area (Å²) in [6.45, 7) is 0.0949. The van der Waals surface area contributed by atoms with Gasteiger partial charge in [-0.1, -0.05) is 53.5 Å². The smallest absolute Gasteiger partial charge is 0.264 e. The Kier molecular flexibility index (Phi) is 8.87. The highest BCUT2D eigenvalue weighted by Gasteiger charge is 2.26. The van der Waals surface area contributed by atoms with E-state index in [1.165, 1.54) is 12.1 Å². The van der Waals surface area contributed by atoms with Gasteiger partial charge in [0.15, 0.2) is 0 Å². The van der Waals surface area contributed by atoms with Crippen molar-refractivity contribution < 1.29 is 13.2 Å². The molecule has 1 N–H and O–H groups in total. The third kappa shape index (κ3) is 6.90. The Balaban J connectivity index is 1.61. The van der Waals surface area contributed by atoms with E-state index in [0.717, 1.165) is 15.6 Å². The molecule has 0 spiro atoms. The first kappa shape index (κ1) is 24.5. The first-order valence-electron chi connectivity index (χ1n) is 9.78. The number of rotatable bonds is 10. The molecule has 0 aliphatic carbocycles. The van der Waals surface area contributed by atoms with E-state index in [2.05, 4.69) is 5.32 Å². The number of amides is 1. The van der Waals surface area contributed by atoms with Crippen LogP contribution < -0.4 is 9.62 Å². The largest absolute Gasteiger partial charge is 0.354 e. The number of nitrogens with zero attached hydrogens (tertiary/aromatic N) is 1. The summed E-state index contributed by atoms with van der Waals surface area (Å²) >= 11 is 13.5. The van der Waals surface area contributed by atoms with Gasteiger partial charge in [-0.25, -0.2) is 8.42 Å². The van der Waals surface area contributed by atoms with E-state index < -0.39 is 10.0 Å². The monoisotopic (exact) mass is 508 g/mol. The van der Waals surface area contributed by atoms with Crippen LogP contribution in [-0.4, -0.2) is 33.2 Å². The zero-order valence-electron chi connectivity index (χ0n) is 17.1. The predicted octanol–water partition coefficient (Wildman–Crippen LogP) is 5.24. The molecule has 0 atom stereocenters. The minimum Gasteiger partial charge on any atom is -0.354 e. The van der Waals surface area contributed by atoms with Gasteiger partial charge in [-0.05, 0) is 54.1 Å². The number of nitrogens with one attached hydrogen (secondary N) is 1. The van der Waals surface area contributed by atoms with Crippen molar-refractivity contribution in [2.24, 2.45) is 0 Å². The normalized spacial score (nSPS) is 11.2. The van der Waals surface area contributed by atoms with E-state index in [-0.39, 0.29) is 17.3 Å². The number of hydrogen-bond acceptors (Lipinski definition) is 4. The third-order valence-corrected chi connectivity index (χ3v) is 7.81. The molecule has 3 aromatic carbocycles. The highest BCUT2D eigenvalue weighted by Crippen LogP contribution is 2.25. The molecule has 0 aromatic heterocycles. The Bertz CT molecular complexity index is 1120. The van der Waals surface area contributed by atoms with E-state index in [0.29, 0.717) is 28.0 Å². The van der Waals surface area contributed by atoms with E-state index in [9.17, 15) is 13.2 Å². The van der Waals surface area contributed by atoms with Crippen LogP contribution in [-0.2, 0) is 20.6 Å². The number of benzene rings is 3. The summed E-state index contributed by atoms with van der Waals surface area (Å²) < 4.78 is 27.5. The van der Waals surface area contributed by atoms with Gasteiger partial charge in [0.25, 0.3) is 10.0 Å². The number of carbonyl (C=O) groups excluding carboxylic acids is 1. The van der Waals surface area contributed by atoms with Crippen LogP contribution in [0.15, 0.2) is 83.8 Å². The van der Waals surface area contributed by atoms with Gasteiger partial charge in [-0.15, -0.1) is 0 Å². The summed E-state index contributed by atoms with van der Waals surface area (Å²) in [5.74, 6) is 1.11. The van der Waals surface area contributed by atoms with Crippen molar-refractivity contribution >= 4 is 56.6 Å². The summed E-state index contributed by atoms with van der Waals surface area (Å²) in [5, 5.41) is 3.98. The third-order valence-electron chi connectivity index (χ3n) is 4.48. The standard InChI is InChI=1S/C23H22Cl2N2O3S2/c24-19-8-6-18(7-9-19)17-31-15-14-26-23(28)16-27(21-12-10-20(25)11-13-21)32(29,30)22-4-2-1-3-5-22/h1-13H,14-17H2,(H,26,28). The molecular weight excluding hydrogens is 487 g/mol. The van der Waals surface area contributed by atoms with Crippen molar-refractivity contribution in [3.05, 3.63) is 94.5 Å². The number of anilines is 1. The Morgan fingerprint density at radius 1 is 0.875 bits per heavy atom. The fourth-order valence-corrected chi connectivity index (χ4v) is 5.37. The summed E-state index contributed by atoms with van der Waals surface area (Å²) in [6.07, 6.45) is 0. The van der Waals surface area contributed by atoms with Crippen LogP contribution in [0.5, 0.6) is 0 Å². The van der Waals surface area contributed by atoms with Gasteiger partial charge >= 0.3 is 0 Å². The minimum absolute atomic E-state index is 0.112. The second kappa shape index (κ2) is 11.6. The second-order valence-electron chi connectivity index (χ2n) is 6.83. The quantitative estimate of drug-likeness (QED) is 0.380. The summed E-state index contributed by atoms with van der Waals surface area (Å²) in [6, 6.07) is 22.0. The molecule has 0 fully saturated rings. The van der Waals surface area contributed by atoms with Crippen LogP contribution in [0, 0.1) is 0 Å². The minimum atomic E-state index is -3.92. The Hall–Kier alpha value is -2.19. The summed E-state index contributed by atoms with van der Waals surface area (Å²) in [5.41, 5.74) is 1.51. The van der Waals surface area contributed by atoms with Gasteiger partial charge in [-0.3, -0.25) is 9.10 Å². The lowest BCUT2D eigenvalue weighted by atomic mass is 10.2.